The minimum atomic E-state index is 0.400. The molecule has 0 aliphatic heterocycles. The molecule has 0 saturated heterocycles. The number of nitrogens with two attached hydrogens (primary N) is 2. The molecule has 0 bridgehead atoms. The van der Waals surface area contributed by atoms with E-state index in [4.69, 9.17) is 11.5 Å². The van der Waals surface area contributed by atoms with Crippen molar-refractivity contribution in [3.8, 4) is 0 Å². The third-order valence-corrected chi connectivity index (χ3v) is 1.12. The van der Waals surface area contributed by atoms with Crippen LogP contribution in [-0.2, 0) is 0 Å². The highest BCUT2D eigenvalue weighted by molar-refractivity contribution is 5.38. The van der Waals surface area contributed by atoms with E-state index in [9.17, 15) is 0 Å². The summed E-state index contributed by atoms with van der Waals surface area (Å²) in [5, 5.41) is 6.21. The Labute approximate surface area is 75.0 Å². The van der Waals surface area contributed by atoms with Crippen molar-refractivity contribution in [3.63, 3.8) is 0 Å². The number of aromatic amines is 1. The van der Waals surface area contributed by atoms with E-state index in [0.29, 0.717) is 11.6 Å². The van der Waals surface area contributed by atoms with E-state index in [1.807, 2.05) is 6.07 Å². The fourth-order valence-electron chi connectivity index (χ4n) is 0.603. The number of nitrogens with one attached hydrogen (secondary N) is 1. The summed E-state index contributed by atoms with van der Waals surface area (Å²) in [5.74, 6) is 0.801. The molecular weight excluding hydrogens is 168 g/mol. The van der Waals surface area contributed by atoms with Gasteiger partial charge in [-0.05, 0) is 6.07 Å². The first kappa shape index (κ1) is 8.98. The molecule has 0 spiro atoms. The van der Waals surface area contributed by atoms with Crippen LogP contribution in [0.4, 0.5) is 11.6 Å². The topological polar surface area (TPSA) is 106 Å². The summed E-state index contributed by atoms with van der Waals surface area (Å²) < 4.78 is 0. The predicted octanol–water partition coefficient (Wildman–Crippen LogP) is 0.0507. The Hall–Kier alpha value is -2.11. The summed E-state index contributed by atoms with van der Waals surface area (Å²) in [6.45, 7) is 0. The van der Waals surface area contributed by atoms with Crippen LogP contribution >= 0.6 is 0 Å². The molecule has 2 aromatic rings. The Balaban J connectivity index is 0.000000145. The van der Waals surface area contributed by atoms with E-state index in [-0.39, 0.29) is 0 Å². The van der Waals surface area contributed by atoms with Crippen LogP contribution in [0.15, 0.2) is 30.9 Å². The Bertz CT molecular complexity index is 296. The van der Waals surface area contributed by atoms with Gasteiger partial charge in [0, 0.05) is 18.5 Å². The minimum Gasteiger partial charge on any atom is -0.384 e. The van der Waals surface area contributed by atoms with Crippen molar-refractivity contribution in [2.45, 2.75) is 0 Å². The lowest BCUT2D eigenvalue weighted by atomic mass is 10.5. The van der Waals surface area contributed by atoms with E-state index in [0.717, 1.165) is 0 Å². The molecule has 0 aromatic carbocycles. The van der Waals surface area contributed by atoms with Crippen LogP contribution < -0.4 is 11.5 Å². The van der Waals surface area contributed by atoms with Gasteiger partial charge in [-0.2, -0.15) is 5.10 Å². The number of H-pyrrole nitrogens is 1. The molecule has 0 radical (unpaired) electrons. The SMILES string of the molecule is Nc1cc(N)ncn1.c1cn[nH]c1. The zero-order valence-corrected chi connectivity index (χ0v) is 6.88. The average Bonchev–Trinajstić information content (AvgIpc) is 2.59. The van der Waals surface area contributed by atoms with E-state index in [1.165, 1.54) is 12.4 Å². The summed E-state index contributed by atoms with van der Waals surface area (Å²) in [6, 6.07) is 3.33. The third-order valence-electron chi connectivity index (χ3n) is 1.12. The van der Waals surface area contributed by atoms with Crippen LogP contribution in [-0.4, -0.2) is 20.2 Å². The van der Waals surface area contributed by atoms with Gasteiger partial charge in [-0.1, -0.05) is 0 Å². The van der Waals surface area contributed by atoms with Gasteiger partial charge in [0.25, 0.3) is 0 Å². The number of rotatable bonds is 0. The molecule has 0 fully saturated rings. The van der Waals surface area contributed by atoms with E-state index < -0.39 is 0 Å². The molecule has 2 aromatic heterocycles. The zero-order valence-electron chi connectivity index (χ0n) is 6.88. The molecule has 0 amide bonds. The van der Waals surface area contributed by atoms with Gasteiger partial charge < -0.3 is 11.5 Å². The van der Waals surface area contributed by atoms with Gasteiger partial charge in [-0.3, -0.25) is 5.10 Å². The monoisotopic (exact) mass is 178 g/mol. The molecule has 0 unspecified atom stereocenters. The van der Waals surface area contributed by atoms with Gasteiger partial charge >= 0.3 is 0 Å². The average molecular weight is 178 g/mol. The maximum Gasteiger partial charge on any atom is 0.128 e. The van der Waals surface area contributed by atoms with Crippen LogP contribution in [0.1, 0.15) is 0 Å². The first-order valence-corrected chi connectivity index (χ1v) is 3.56. The van der Waals surface area contributed by atoms with Gasteiger partial charge in [-0.25, -0.2) is 9.97 Å². The Morgan fingerprint density at radius 3 is 2.08 bits per heavy atom. The Morgan fingerprint density at radius 2 is 1.85 bits per heavy atom. The van der Waals surface area contributed by atoms with Crippen LogP contribution in [0, 0.1) is 0 Å². The Morgan fingerprint density at radius 1 is 1.15 bits per heavy atom. The number of hydrogen-bond acceptors (Lipinski definition) is 5. The van der Waals surface area contributed by atoms with Crippen molar-refractivity contribution >= 4 is 11.6 Å². The first-order valence-electron chi connectivity index (χ1n) is 3.56. The molecule has 0 aliphatic carbocycles. The number of nitrogen functional groups attached to an aromatic ring is 2. The predicted molar refractivity (Wildman–Crippen MR) is 49.4 cm³/mol. The van der Waals surface area contributed by atoms with Crippen molar-refractivity contribution in [3.05, 3.63) is 30.9 Å². The highest BCUT2D eigenvalue weighted by Gasteiger charge is 1.84. The summed E-state index contributed by atoms with van der Waals surface area (Å²) >= 11 is 0. The lowest BCUT2D eigenvalue weighted by Crippen LogP contribution is -1.94. The Kier molecular flexibility index (Phi) is 3.25. The molecular formula is C7H10N6. The summed E-state index contributed by atoms with van der Waals surface area (Å²) in [5.41, 5.74) is 10.5. The van der Waals surface area contributed by atoms with Gasteiger partial charge in [0.05, 0.1) is 0 Å². The number of aromatic nitrogens is 4. The second-order valence-electron chi connectivity index (χ2n) is 2.13. The van der Waals surface area contributed by atoms with E-state index in [2.05, 4.69) is 20.2 Å². The fourth-order valence-corrected chi connectivity index (χ4v) is 0.603. The zero-order chi connectivity index (χ0) is 9.52. The van der Waals surface area contributed by atoms with Gasteiger partial charge in [0.15, 0.2) is 0 Å². The van der Waals surface area contributed by atoms with E-state index >= 15 is 0 Å². The van der Waals surface area contributed by atoms with Gasteiger partial charge in [0.1, 0.15) is 18.0 Å². The molecule has 0 aliphatic rings. The van der Waals surface area contributed by atoms with Crippen molar-refractivity contribution in [2.24, 2.45) is 0 Å². The van der Waals surface area contributed by atoms with E-state index in [1.54, 1.807) is 12.4 Å². The van der Waals surface area contributed by atoms with Gasteiger partial charge in [-0.15, -0.1) is 0 Å². The standard InChI is InChI=1S/C4H6N4.C3H4N2/c5-3-1-4(6)8-2-7-3;1-2-4-5-3-1/h1-2H,(H4,5,6,7,8);1-3H,(H,4,5). The van der Waals surface area contributed by atoms with Crippen molar-refractivity contribution in [1.29, 1.82) is 0 Å². The third kappa shape index (κ3) is 3.71. The molecule has 6 heteroatoms. The number of nitrogens with zero attached hydrogens (tertiary/aromatic N) is 3. The second kappa shape index (κ2) is 4.70. The molecule has 0 saturated carbocycles. The lowest BCUT2D eigenvalue weighted by molar-refractivity contribution is 1.09. The molecule has 68 valence electrons. The molecule has 13 heavy (non-hydrogen) atoms. The lowest BCUT2D eigenvalue weighted by Gasteiger charge is -1.89. The molecule has 5 N–H and O–H groups in total. The van der Waals surface area contributed by atoms with Crippen LogP contribution in [0.2, 0.25) is 0 Å². The highest BCUT2D eigenvalue weighted by atomic mass is 15.1. The summed E-state index contributed by atoms with van der Waals surface area (Å²) in [4.78, 5) is 7.25. The molecule has 0 atom stereocenters. The highest BCUT2D eigenvalue weighted by Crippen LogP contribution is 1.97. The largest absolute Gasteiger partial charge is 0.384 e. The smallest absolute Gasteiger partial charge is 0.128 e. The van der Waals surface area contributed by atoms with Gasteiger partial charge in [0.2, 0.25) is 0 Å². The van der Waals surface area contributed by atoms with Crippen LogP contribution in [0.3, 0.4) is 0 Å². The molecule has 2 heterocycles. The van der Waals surface area contributed by atoms with Crippen molar-refractivity contribution in [2.75, 3.05) is 11.5 Å². The first-order chi connectivity index (χ1) is 6.29. The molecule has 6 nitrogen and oxygen atoms in total. The fraction of sp³-hybridized carbons (Fsp3) is 0. The minimum absolute atomic E-state index is 0.400. The van der Waals surface area contributed by atoms with Crippen LogP contribution in [0.5, 0.6) is 0 Å². The van der Waals surface area contributed by atoms with Crippen molar-refractivity contribution in [1.82, 2.24) is 20.2 Å². The quantitative estimate of drug-likeness (QED) is 0.528. The summed E-state index contributed by atoms with van der Waals surface area (Å²) in [7, 11) is 0. The second-order valence-corrected chi connectivity index (χ2v) is 2.13. The maximum absolute atomic E-state index is 5.23. The van der Waals surface area contributed by atoms with Crippen LogP contribution in [0.25, 0.3) is 0 Å². The number of anilines is 2. The maximum atomic E-state index is 5.23. The summed E-state index contributed by atoms with van der Waals surface area (Å²) in [6.07, 6.45) is 4.78. The molecule has 2 rings (SSSR count). The van der Waals surface area contributed by atoms with Crippen molar-refractivity contribution < 1.29 is 0 Å². The normalized spacial score (nSPS) is 8.62. The number of hydrogen-bond donors (Lipinski definition) is 3.